The van der Waals surface area contributed by atoms with Gasteiger partial charge in [-0.3, -0.25) is 0 Å². The van der Waals surface area contributed by atoms with Gasteiger partial charge in [0, 0.05) is 6.04 Å². The molecule has 0 spiro atoms. The van der Waals surface area contributed by atoms with Crippen molar-refractivity contribution in [3.8, 4) is 0 Å². The first kappa shape index (κ1) is 14.2. The first-order valence-corrected chi connectivity index (χ1v) is 7.20. The number of hydrogen-bond donors (Lipinski definition) is 2. The van der Waals surface area contributed by atoms with Gasteiger partial charge in [-0.05, 0) is 31.0 Å². The van der Waals surface area contributed by atoms with Crippen molar-refractivity contribution in [1.82, 2.24) is 4.72 Å². The van der Waals surface area contributed by atoms with Crippen molar-refractivity contribution < 1.29 is 8.42 Å². The van der Waals surface area contributed by atoms with Gasteiger partial charge in [-0.15, -0.1) is 0 Å². The largest absolute Gasteiger partial charge is 0.327 e. The molecule has 0 saturated heterocycles. The predicted octanol–water partition coefficient (Wildman–Crippen LogP) is 1.44. The molecule has 2 atom stereocenters. The second kappa shape index (κ2) is 5.62. The van der Waals surface area contributed by atoms with Crippen LogP contribution in [0.5, 0.6) is 0 Å². The summed E-state index contributed by atoms with van der Waals surface area (Å²) in [6.45, 7) is 3.95. The fourth-order valence-electron chi connectivity index (χ4n) is 1.80. The second-order valence-corrected chi connectivity index (χ2v) is 5.96. The normalized spacial score (nSPS) is 15.5. The molecule has 0 aliphatic rings. The highest BCUT2D eigenvalue weighted by molar-refractivity contribution is 7.89. The Bertz CT molecular complexity index is 471. The lowest BCUT2D eigenvalue weighted by molar-refractivity contribution is 0.539. The van der Waals surface area contributed by atoms with E-state index in [1.165, 1.54) is 7.05 Å². The maximum absolute atomic E-state index is 11.9. The van der Waals surface area contributed by atoms with Crippen molar-refractivity contribution in [3.63, 3.8) is 0 Å². The van der Waals surface area contributed by atoms with Gasteiger partial charge in [0.25, 0.3) is 0 Å². The maximum Gasteiger partial charge on any atom is 0.240 e. The summed E-state index contributed by atoms with van der Waals surface area (Å²) in [5.74, 6) is 0.0133. The average Bonchev–Trinajstić information content (AvgIpc) is 2.36. The highest BCUT2D eigenvalue weighted by atomic mass is 32.2. The standard InChI is InChI=1S/C12H20N2O2S/c1-4-11(13)9(2)10-7-5-6-8-12(10)17(15,16)14-3/h5-9,11,14H,4,13H2,1-3H3. The summed E-state index contributed by atoms with van der Waals surface area (Å²) >= 11 is 0. The van der Waals surface area contributed by atoms with Crippen LogP contribution in [0.25, 0.3) is 0 Å². The molecule has 1 rings (SSSR count). The maximum atomic E-state index is 11.9. The van der Waals surface area contributed by atoms with Gasteiger partial charge in [0.2, 0.25) is 10.0 Å². The highest BCUT2D eigenvalue weighted by Gasteiger charge is 2.22. The molecule has 1 aromatic carbocycles. The Hall–Kier alpha value is -0.910. The Labute approximate surface area is 103 Å². The number of benzene rings is 1. The molecule has 0 fully saturated rings. The van der Waals surface area contributed by atoms with Crippen LogP contribution in [0.1, 0.15) is 31.7 Å². The monoisotopic (exact) mass is 256 g/mol. The molecule has 3 N–H and O–H groups in total. The molecule has 0 heterocycles. The number of nitrogens with two attached hydrogens (primary N) is 1. The van der Waals surface area contributed by atoms with Crippen molar-refractivity contribution in [2.45, 2.75) is 37.1 Å². The minimum atomic E-state index is -3.42. The van der Waals surface area contributed by atoms with E-state index in [0.717, 1.165) is 12.0 Å². The zero-order chi connectivity index (χ0) is 13.1. The van der Waals surface area contributed by atoms with Gasteiger partial charge in [0.1, 0.15) is 0 Å². The van der Waals surface area contributed by atoms with Gasteiger partial charge in [0.05, 0.1) is 4.90 Å². The molecular weight excluding hydrogens is 236 g/mol. The SMILES string of the molecule is CCC(N)C(C)c1ccccc1S(=O)(=O)NC. The molecule has 0 radical (unpaired) electrons. The summed E-state index contributed by atoms with van der Waals surface area (Å²) in [4.78, 5) is 0.318. The average molecular weight is 256 g/mol. The van der Waals surface area contributed by atoms with Crippen LogP contribution < -0.4 is 10.5 Å². The molecule has 0 aliphatic carbocycles. The van der Waals surface area contributed by atoms with Crippen molar-refractivity contribution in [2.75, 3.05) is 7.05 Å². The van der Waals surface area contributed by atoms with E-state index >= 15 is 0 Å². The van der Waals surface area contributed by atoms with E-state index in [-0.39, 0.29) is 12.0 Å². The summed E-state index contributed by atoms with van der Waals surface area (Å²) in [6, 6.07) is 6.95. The quantitative estimate of drug-likeness (QED) is 0.837. The zero-order valence-electron chi connectivity index (χ0n) is 10.5. The van der Waals surface area contributed by atoms with Gasteiger partial charge in [0.15, 0.2) is 0 Å². The lowest BCUT2D eigenvalue weighted by Gasteiger charge is -2.21. The van der Waals surface area contributed by atoms with Gasteiger partial charge in [-0.2, -0.15) is 0 Å². The van der Waals surface area contributed by atoms with E-state index < -0.39 is 10.0 Å². The molecule has 1 aromatic rings. The van der Waals surface area contributed by atoms with Crippen molar-refractivity contribution in [3.05, 3.63) is 29.8 Å². The van der Waals surface area contributed by atoms with Crippen LogP contribution in [0.15, 0.2) is 29.2 Å². The van der Waals surface area contributed by atoms with Crippen LogP contribution in [0.4, 0.5) is 0 Å². The molecule has 5 heteroatoms. The third-order valence-electron chi connectivity index (χ3n) is 3.08. The second-order valence-electron chi connectivity index (χ2n) is 4.11. The Morgan fingerprint density at radius 2 is 1.94 bits per heavy atom. The van der Waals surface area contributed by atoms with Crippen LogP contribution in [-0.2, 0) is 10.0 Å². The third-order valence-corrected chi connectivity index (χ3v) is 4.57. The summed E-state index contributed by atoms with van der Waals surface area (Å²) < 4.78 is 26.1. The van der Waals surface area contributed by atoms with Gasteiger partial charge >= 0.3 is 0 Å². The molecule has 0 aromatic heterocycles. The summed E-state index contributed by atoms with van der Waals surface area (Å²) in [5, 5.41) is 0. The first-order chi connectivity index (χ1) is 7.94. The molecule has 0 aliphatic heterocycles. The Kier molecular flexibility index (Phi) is 4.68. The highest BCUT2D eigenvalue weighted by Crippen LogP contribution is 2.26. The molecule has 0 saturated carbocycles. The fraction of sp³-hybridized carbons (Fsp3) is 0.500. The number of sulfonamides is 1. The topological polar surface area (TPSA) is 72.2 Å². The smallest absolute Gasteiger partial charge is 0.240 e. The van der Waals surface area contributed by atoms with E-state index in [9.17, 15) is 8.42 Å². The van der Waals surface area contributed by atoms with E-state index in [0.29, 0.717) is 4.90 Å². The molecule has 0 bridgehead atoms. The van der Waals surface area contributed by atoms with E-state index in [4.69, 9.17) is 5.73 Å². The minimum Gasteiger partial charge on any atom is -0.327 e. The van der Waals surface area contributed by atoms with E-state index in [1.54, 1.807) is 12.1 Å². The van der Waals surface area contributed by atoms with Crippen LogP contribution in [-0.4, -0.2) is 21.5 Å². The minimum absolute atomic E-state index is 0.0133. The van der Waals surface area contributed by atoms with Gasteiger partial charge < -0.3 is 5.73 Å². The Balaban J connectivity index is 3.26. The molecule has 2 unspecified atom stereocenters. The van der Waals surface area contributed by atoms with Crippen molar-refractivity contribution in [2.24, 2.45) is 5.73 Å². The summed E-state index contributed by atoms with van der Waals surface area (Å²) in [5.41, 5.74) is 6.76. The van der Waals surface area contributed by atoms with Crippen molar-refractivity contribution >= 4 is 10.0 Å². The molecule has 96 valence electrons. The third kappa shape index (κ3) is 3.06. The van der Waals surface area contributed by atoms with Gasteiger partial charge in [-0.1, -0.05) is 32.0 Å². The van der Waals surface area contributed by atoms with E-state index in [2.05, 4.69) is 4.72 Å². The van der Waals surface area contributed by atoms with Crippen LogP contribution in [0, 0.1) is 0 Å². The first-order valence-electron chi connectivity index (χ1n) is 5.72. The van der Waals surface area contributed by atoms with Crippen LogP contribution in [0.2, 0.25) is 0 Å². The zero-order valence-corrected chi connectivity index (χ0v) is 11.3. The van der Waals surface area contributed by atoms with Crippen LogP contribution >= 0.6 is 0 Å². The number of hydrogen-bond acceptors (Lipinski definition) is 3. The lowest BCUT2D eigenvalue weighted by Crippen LogP contribution is -2.28. The molecule has 17 heavy (non-hydrogen) atoms. The Morgan fingerprint density at radius 3 is 2.47 bits per heavy atom. The molecular formula is C12H20N2O2S. The molecule has 0 amide bonds. The number of nitrogens with one attached hydrogen (secondary N) is 1. The summed E-state index contributed by atoms with van der Waals surface area (Å²) in [6.07, 6.45) is 0.815. The fourth-order valence-corrected chi connectivity index (χ4v) is 2.84. The number of rotatable bonds is 5. The lowest BCUT2D eigenvalue weighted by atomic mass is 9.92. The van der Waals surface area contributed by atoms with Crippen molar-refractivity contribution in [1.29, 1.82) is 0 Å². The predicted molar refractivity (Wildman–Crippen MR) is 69.4 cm³/mol. The molecule has 4 nitrogen and oxygen atoms in total. The Morgan fingerprint density at radius 1 is 1.35 bits per heavy atom. The summed E-state index contributed by atoms with van der Waals surface area (Å²) in [7, 11) is -2.01. The van der Waals surface area contributed by atoms with Gasteiger partial charge in [-0.25, -0.2) is 13.1 Å². The van der Waals surface area contributed by atoms with Crippen LogP contribution in [0.3, 0.4) is 0 Å². The van der Waals surface area contributed by atoms with E-state index in [1.807, 2.05) is 26.0 Å².